The molecule has 3 heteroatoms. The molecule has 1 aromatic carbocycles. The number of hydrogen-bond donors (Lipinski definition) is 0. The van der Waals surface area contributed by atoms with Gasteiger partial charge in [0, 0.05) is 24.2 Å². The van der Waals surface area contributed by atoms with Crippen LogP contribution in [0.3, 0.4) is 0 Å². The summed E-state index contributed by atoms with van der Waals surface area (Å²) in [7, 11) is 0. The first-order valence-electron chi connectivity index (χ1n) is 6.24. The molecule has 3 rings (SSSR count). The molecule has 0 aliphatic carbocycles. The molecule has 0 saturated carbocycles. The second-order valence-corrected chi connectivity index (χ2v) is 4.56. The standard InChI is InChI=1S/C15H15NO2/c17-12-5-3-9-16(11-12)14-7-2-1-6-13(14)15-8-4-10-18-15/h1-2,4,6-8,10H,3,5,9,11H2. The minimum absolute atomic E-state index is 0.315. The lowest BCUT2D eigenvalue weighted by Crippen LogP contribution is -2.35. The molecule has 0 spiro atoms. The molecule has 1 fully saturated rings. The first-order valence-corrected chi connectivity index (χ1v) is 6.24. The Morgan fingerprint density at radius 2 is 2.00 bits per heavy atom. The molecule has 2 aromatic rings. The van der Waals surface area contributed by atoms with Crippen LogP contribution in [0.1, 0.15) is 12.8 Å². The second kappa shape index (κ2) is 4.69. The number of para-hydroxylation sites is 1. The van der Waals surface area contributed by atoms with E-state index in [9.17, 15) is 4.79 Å². The molecule has 0 atom stereocenters. The molecule has 3 nitrogen and oxygen atoms in total. The van der Waals surface area contributed by atoms with Crippen molar-refractivity contribution in [2.75, 3.05) is 18.0 Å². The molecule has 92 valence electrons. The van der Waals surface area contributed by atoms with Crippen LogP contribution in [0.2, 0.25) is 0 Å². The molecular weight excluding hydrogens is 226 g/mol. The largest absolute Gasteiger partial charge is 0.464 e. The molecule has 0 N–H and O–H groups in total. The van der Waals surface area contributed by atoms with Gasteiger partial charge in [0.05, 0.1) is 12.8 Å². The SMILES string of the molecule is O=C1CCCN(c2ccccc2-c2ccco2)C1. The lowest BCUT2D eigenvalue weighted by atomic mass is 10.1. The number of carbonyl (C=O) groups is 1. The zero-order valence-corrected chi connectivity index (χ0v) is 10.1. The average Bonchev–Trinajstić information content (AvgIpc) is 2.92. The lowest BCUT2D eigenvalue weighted by Gasteiger charge is -2.29. The van der Waals surface area contributed by atoms with Crippen molar-refractivity contribution in [3.8, 4) is 11.3 Å². The maximum absolute atomic E-state index is 11.6. The van der Waals surface area contributed by atoms with E-state index in [1.54, 1.807) is 6.26 Å². The van der Waals surface area contributed by atoms with E-state index in [-0.39, 0.29) is 0 Å². The lowest BCUT2D eigenvalue weighted by molar-refractivity contribution is -0.118. The van der Waals surface area contributed by atoms with E-state index in [1.807, 2.05) is 30.3 Å². The fraction of sp³-hybridized carbons (Fsp3) is 0.267. The van der Waals surface area contributed by atoms with Crippen molar-refractivity contribution in [3.63, 3.8) is 0 Å². The summed E-state index contributed by atoms with van der Waals surface area (Å²) in [6.07, 6.45) is 3.32. The molecule has 0 radical (unpaired) electrons. The topological polar surface area (TPSA) is 33.5 Å². The van der Waals surface area contributed by atoms with Gasteiger partial charge in [0.1, 0.15) is 5.76 Å². The Morgan fingerprint density at radius 3 is 2.78 bits per heavy atom. The Bertz CT molecular complexity index is 545. The number of hydrogen-bond acceptors (Lipinski definition) is 3. The van der Waals surface area contributed by atoms with Crippen LogP contribution < -0.4 is 4.90 Å². The first kappa shape index (κ1) is 11.1. The molecule has 1 saturated heterocycles. The van der Waals surface area contributed by atoms with E-state index in [4.69, 9.17) is 4.42 Å². The number of furan rings is 1. The van der Waals surface area contributed by atoms with Crippen LogP contribution in [0.4, 0.5) is 5.69 Å². The number of anilines is 1. The number of rotatable bonds is 2. The van der Waals surface area contributed by atoms with Gasteiger partial charge >= 0.3 is 0 Å². The Balaban J connectivity index is 1.99. The maximum atomic E-state index is 11.6. The van der Waals surface area contributed by atoms with Crippen molar-refractivity contribution in [2.45, 2.75) is 12.8 Å². The minimum Gasteiger partial charge on any atom is -0.464 e. The number of ketones is 1. The van der Waals surface area contributed by atoms with Gasteiger partial charge in [-0.05, 0) is 30.7 Å². The van der Waals surface area contributed by atoms with Crippen LogP contribution in [0.5, 0.6) is 0 Å². The molecule has 0 amide bonds. The van der Waals surface area contributed by atoms with E-state index in [1.165, 1.54) is 0 Å². The molecule has 0 unspecified atom stereocenters. The van der Waals surface area contributed by atoms with E-state index in [2.05, 4.69) is 11.0 Å². The van der Waals surface area contributed by atoms with Crippen LogP contribution in [-0.2, 0) is 4.79 Å². The highest BCUT2D eigenvalue weighted by atomic mass is 16.3. The van der Waals surface area contributed by atoms with Crippen molar-refractivity contribution in [1.29, 1.82) is 0 Å². The molecule has 2 heterocycles. The highest BCUT2D eigenvalue weighted by Gasteiger charge is 2.20. The van der Waals surface area contributed by atoms with Crippen LogP contribution >= 0.6 is 0 Å². The predicted octanol–water partition coefficient (Wildman–Crippen LogP) is 3.12. The monoisotopic (exact) mass is 241 g/mol. The quantitative estimate of drug-likeness (QED) is 0.810. The van der Waals surface area contributed by atoms with E-state index in [0.717, 1.165) is 30.0 Å². The average molecular weight is 241 g/mol. The predicted molar refractivity (Wildman–Crippen MR) is 70.6 cm³/mol. The van der Waals surface area contributed by atoms with E-state index in [0.29, 0.717) is 18.7 Å². The van der Waals surface area contributed by atoms with Crippen LogP contribution in [0, 0.1) is 0 Å². The summed E-state index contributed by atoms with van der Waals surface area (Å²) in [5, 5.41) is 0. The first-order chi connectivity index (χ1) is 8.84. The summed E-state index contributed by atoms with van der Waals surface area (Å²) in [6, 6.07) is 11.9. The Hall–Kier alpha value is -2.03. The number of nitrogens with zero attached hydrogens (tertiary/aromatic N) is 1. The third-order valence-electron chi connectivity index (χ3n) is 3.28. The molecule has 0 bridgehead atoms. The van der Waals surface area contributed by atoms with Gasteiger partial charge < -0.3 is 9.32 Å². The summed E-state index contributed by atoms with van der Waals surface area (Å²) in [5.74, 6) is 1.17. The fourth-order valence-corrected chi connectivity index (χ4v) is 2.43. The maximum Gasteiger partial charge on any atom is 0.152 e. The van der Waals surface area contributed by atoms with Crippen LogP contribution in [0.15, 0.2) is 47.1 Å². The van der Waals surface area contributed by atoms with Crippen molar-refractivity contribution in [3.05, 3.63) is 42.7 Å². The summed E-state index contributed by atoms with van der Waals surface area (Å²) in [6.45, 7) is 1.45. The van der Waals surface area contributed by atoms with Gasteiger partial charge in [-0.25, -0.2) is 0 Å². The van der Waals surface area contributed by atoms with Crippen LogP contribution in [-0.4, -0.2) is 18.9 Å². The van der Waals surface area contributed by atoms with Crippen molar-refractivity contribution in [1.82, 2.24) is 0 Å². The van der Waals surface area contributed by atoms with E-state index >= 15 is 0 Å². The Morgan fingerprint density at radius 1 is 1.11 bits per heavy atom. The highest BCUT2D eigenvalue weighted by Crippen LogP contribution is 2.32. The summed E-state index contributed by atoms with van der Waals surface area (Å²) in [5.41, 5.74) is 2.14. The van der Waals surface area contributed by atoms with Gasteiger partial charge in [0.15, 0.2) is 5.78 Å². The normalized spacial score (nSPS) is 16.0. The molecular formula is C15H15NO2. The zero-order valence-electron chi connectivity index (χ0n) is 10.1. The number of benzene rings is 1. The van der Waals surface area contributed by atoms with Crippen LogP contribution in [0.25, 0.3) is 11.3 Å². The zero-order chi connectivity index (χ0) is 12.4. The molecule has 18 heavy (non-hydrogen) atoms. The Kier molecular flexibility index (Phi) is 2.89. The molecule has 1 aliphatic rings. The molecule has 1 aromatic heterocycles. The number of piperidine rings is 1. The smallest absolute Gasteiger partial charge is 0.152 e. The minimum atomic E-state index is 0.315. The van der Waals surface area contributed by atoms with Crippen molar-refractivity contribution >= 4 is 11.5 Å². The van der Waals surface area contributed by atoms with Gasteiger partial charge in [-0.1, -0.05) is 12.1 Å². The van der Waals surface area contributed by atoms with Gasteiger partial charge in [-0.3, -0.25) is 4.79 Å². The van der Waals surface area contributed by atoms with Crippen molar-refractivity contribution in [2.24, 2.45) is 0 Å². The molecule has 1 aliphatic heterocycles. The Labute approximate surface area is 106 Å². The van der Waals surface area contributed by atoms with Gasteiger partial charge in [-0.2, -0.15) is 0 Å². The highest BCUT2D eigenvalue weighted by molar-refractivity contribution is 5.87. The van der Waals surface area contributed by atoms with Gasteiger partial charge in [-0.15, -0.1) is 0 Å². The number of carbonyl (C=O) groups excluding carboxylic acids is 1. The summed E-state index contributed by atoms with van der Waals surface area (Å²) in [4.78, 5) is 13.7. The second-order valence-electron chi connectivity index (χ2n) is 4.56. The fourth-order valence-electron chi connectivity index (χ4n) is 2.43. The summed E-state index contributed by atoms with van der Waals surface area (Å²) >= 11 is 0. The van der Waals surface area contributed by atoms with Gasteiger partial charge in [0.25, 0.3) is 0 Å². The van der Waals surface area contributed by atoms with Crippen molar-refractivity contribution < 1.29 is 9.21 Å². The van der Waals surface area contributed by atoms with E-state index < -0.39 is 0 Å². The van der Waals surface area contributed by atoms with Gasteiger partial charge in [0.2, 0.25) is 0 Å². The number of Topliss-reactive ketones (excluding diaryl/α,β-unsaturated/α-hetero) is 1. The third kappa shape index (κ3) is 2.04. The summed E-state index contributed by atoms with van der Waals surface area (Å²) < 4.78 is 5.47. The third-order valence-corrected chi connectivity index (χ3v) is 3.28.